The average molecular weight is 485 g/mol. The molecule has 1 aliphatic carbocycles. The Labute approximate surface area is 201 Å². The zero-order chi connectivity index (χ0) is 24.0. The van der Waals surface area contributed by atoms with Gasteiger partial charge in [0.25, 0.3) is 0 Å². The van der Waals surface area contributed by atoms with E-state index in [-0.39, 0.29) is 47.4 Å². The van der Waals surface area contributed by atoms with Crippen LogP contribution in [0.5, 0.6) is 0 Å². The topological polar surface area (TPSA) is 73.8 Å². The summed E-state index contributed by atoms with van der Waals surface area (Å²) < 4.78 is 28.6. The van der Waals surface area contributed by atoms with Crippen molar-refractivity contribution >= 4 is 28.7 Å². The fourth-order valence-corrected chi connectivity index (χ4v) is 7.60. The summed E-state index contributed by atoms with van der Waals surface area (Å²) in [6, 6.07) is 12.3. The van der Waals surface area contributed by atoms with Gasteiger partial charge in [-0.05, 0) is 48.2 Å². The van der Waals surface area contributed by atoms with Crippen LogP contribution in [0.3, 0.4) is 0 Å². The number of piperidine rings is 1. The van der Waals surface area contributed by atoms with E-state index >= 15 is 0 Å². The Morgan fingerprint density at radius 3 is 2.06 bits per heavy atom. The third-order valence-electron chi connectivity index (χ3n) is 7.04. The molecule has 1 spiro atoms. The quantitative estimate of drug-likeness (QED) is 0.660. The Morgan fingerprint density at radius 2 is 1.59 bits per heavy atom. The number of amides is 2. The van der Waals surface area contributed by atoms with E-state index in [1.165, 1.54) is 54.9 Å². The molecule has 3 aliphatic rings. The number of halogens is 2. The van der Waals surface area contributed by atoms with Crippen LogP contribution in [0.25, 0.3) is 0 Å². The van der Waals surface area contributed by atoms with Crippen LogP contribution in [-0.2, 0) is 9.59 Å². The maximum absolute atomic E-state index is 14.3. The highest BCUT2D eigenvalue weighted by Crippen LogP contribution is 2.62. The second-order valence-corrected chi connectivity index (χ2v) is 10.4. The minimum atomic E-state index is -0.804. The van der Waals surface area contributed by atoms with Crippen LogP contribution in [0, 0.1) is 23.5 Å². The highest BCUT2D eigenvalue weighted by atomic mass is 32.2. The minimum absolute atomic E-state index is 0.109. The summed E-state index contributed by atoms with van der Waals surface area (Å²) in [5, 5.41) is 12.9. The Kier molecular flexibility index (Phi) is 5.93. The lowest BCUT2D eigenvalue weighted by atomic mass is 9.64. The van der Waals surface area contributed by atoms with Gasteiger partial charge in [-0.3, -0.25) is 9.59 Å². The van der Waals surface area contributed by atoms with Crippen molar-refractivity contribution in [1.82, 2.24) is 15.6 Å². The smallest absolute Gasteiger partial charge is 0.240 e. The number of hydrogen-bond donors (Lipinski definition) is 2. The third kappa shape index (κ3) is 3.80. The predicted molar refractivity (Wildman–Crippen MR) is 126 cm³/mol. The molecule has 1 saturated carbocycles. The molecule has 5 rings (SSSR count). The summed E-state index contributed by atoms with van der Waals surface area (Å²) in [6.45, 7) is 2.87. The maximum Gasteiger partial charge on any atom is 0.240 e. The number of rotatable bonds is 2. The second-order valence-electron chi connectivity index (χ2n) is 9.15. The standard InChI is InChI=1S/C25H26F2N4O2S/c1-14(32)28-24-30-31(15(2)33)25(34-24)20-10-5-11-21(25)23(17-7-4-9-19(27)13-17)29-22(20)16-6-3-8-18(26)12-16/h3-4,6-9,12-13,20-23,29H,5,10-11H2,1-2H3,(H,28,30,32)/t20-,21+,22?,23?,25?. The fraction of sp³-hybridized carbons (Fsp3) is 0.400. The van der Waals surface area contributed by atoms with Crippen LogP contribution in [0.4, 0.5) is 8.78 Å². The molecule has 2 amide bonds. The van der Waals surface area contributed by atoms with Gasteiger partial charge >= 0.3 is 0 Å². The van der Waals surface area contributed by atoms with E-state index in [1.807, 2.05) is 12.1 Å². The first-order valence-corrected chi connectivity index (χ1v) is 12.2. The number of hydrazone groups is 1. The van der Waals surface area contributed by atoms with Gasteiger partial charge in [-0.2, -0.15) is 0 Å². The fourth-order valence-electron chi connectivity index (χ4n) is 5.91. The molecule has 1 saturated heterocycles. The summed E-state index contributed by atoms with van der Waals surface area (Å²) >= 11 is 1.39. The largest absolute Gasteiger partial charge is 0.304 e. The molecule has 5 atom stereocenters. The lowest BCUT2D eigenvalue weighted by Gasteiger charge is -2.59. The van der Waals surface area contributed by atoms with E-state index in [9.17, 15) is 18.4 Å². The number of nitrogens with one attached hydrogen (secondary N) is 2. The zero-order valence-corrected chi connectivity index (χ0v) is 19.7. The molecule has 2 aromatic carbocycles. The maximum atomic E-state index is 14.3. The lowest BCUT2D eigenvalue weighted by Crippen LogP contribution is -2.65. The van der Waals surface area contributed by atoms with Gasteiger partial charge in [0.05, 0.1) is 0 Å². The summed E-state index contributed by atoms with van der Waals surface area (Å²) in [6.07, 6.45) is 2.50. The van der Waals surface area contributed by atoms with Crippen molar-refractivity contribution in [3.63, 3.8) is 0 Å². The number of carbonyl (C=O) groups is 2. The number of carbonyl (C=O) groups excluding carboxylic acids is 2. The predicted octanol–water partition coefficient (Wildman–Crippen LogP) is 4.47. The van der Waals surface area contributed by atoms with Gasteiger partial charge < -0.3 is 10.6 Å². The van der Waals surface area contributed by atoms with E-state index in [1.54, 1.807) is 12.1 Å². The van der Waals surface area contributed by atoms with E-state index < -0.39 is 4.87 Å². The van der Waals surface area contributed by atoms with Gasteiger partial charge in [-0.25, -0.2) is 13.8 Å². The van der Waals surface area contributed by atoms with Gasteiger partial charge in [0.2, 0.25) is 11.8 Å². The minimum Gasteiger partial charge on any atom is -0.304 e. The molecular formula is C25H26F2N4O2S. The first-order valence-electron chi connectivity index (χ1n) is 11.4. The van der Waals surface area contributed by atoms with E-state index in [2.05, 4.69) is 15.7 Å². The molecule has 0 aromatic heterocycles. The van der Waals surface area contributed by atoms with Gasteiger partial charge in [0.15, 0.2) is 5.17 Å². The normalized spacial score (nSPS) is 30.2. The summed E-state index contributed by atoms with van der Waals surface area (Å²) in [7, 11) is 0. The SMILES string of the molecule is CC(=O)NC1=NN(C(C)=O)C2(S1)[C@@H]1CCC[C@H]2C(c2cccc(F)c2)NC1c1cccc(F)c1. The molecular weight excluding hydrogens is 458 g/mol. The highest BCUT2D eigenvalue weighted by molar-refractivity contribution is 8.15. The van der Waals surface area contributed by atoms with E-state index in [0.717, 1.165) is 30.4 Å². The molecule has 6 nitrogen and oxygen atoms in total. The molecule has 2 bridgehead atoms. The van der Waals surface area contributed by atoms with Crippen molar-refractivity contribution < 1.29 is 18.4 Å². The van der Waals surface area contributed by atoms with Crippen molar-refractivity contribution in [2.75, 3.05) is 0 Å². The molecule has 2 heterocycles. The average Bonchev–Trinajstić information content (AvgIpc) is 3.12. The Morgan fingerprint density at radius 1 is 1.03 bits per heavy atom. The van der Waals surface area contributed by atoms with Crippen LogP contribution in [0.15, 0.2) is 53.6 Å². The Hall–Kier alpha value is -2.78. The van der Waals surface area contributed by atoms with Crippen LogP contribution in [-0.4, -0.2) is 26.9 Å². The second kappa shape index (κ2) is 8.78. The van der Waals surface area contributed by atoms with Crippen LogP contribution < -0.4 is 10.6 Å². The number of amidine groups is 1. The van der Waals surface area contributed by atoms with Crippen molar-refractivity contribution in [2.24, 2.45) is 16.9 Å². The number of thioether (sulfide) groups is 1. The van der Waals surface area contributed by atoms with Gasteiger partial charge in [-0.1, -0.05) is 42.4 Å². The molecule has 178 valence electrons. The monoisotopic (exact) mass is 484 g/mol. The molecule has 2 aromatic rings. The Bertz CT molecular complexity index is 1110. The summed E-state index contributed by atoms with van der Waals surface area (Å²) in [4.78, 5) is 24.0. The number of benzene rings is 2. The summed E-state index contributed by atoms with van der Waals surface area (Å²) in [5.41, 5.74) is 1.53. The van der Waals surface area contributed by atoms with Crippen molar-refractivity contribution in [2.45, 2.75) is 50.1 Å². The van der Waals surface area contributed by atoms with E-state index in [4.69, 9.17) is 0 Å². The third-order valence-corrected chi connectivity index (χ3v) is 8.52. The van der Waals surface area contributed by atoms with E-state index in [0.29, 0.717) is 5.17 Å². The molecule has 2 fully saturated rings. The molecule has 2 N–H and O–H groups in total. The zero-order valence-electron chi connectivity index (χ0n) is 18.9. The number of hydrogen-bond acceptors (Lipinski definition) is 5. The van der Waals surface area contributed by atoms with Gasteiger partial charge in [0.1, 0.15) is 16.5 Å². The Balaban J connectivity index is 1.68. The molecule has 3 unspecified atom stereocenters. The van der Waals surface area contributed by atoms with Crippen molar-refractivity contribution in [3.8, 4) is 0 Å². The number of nitrogens with zero attached hydrogens (tertiary/aromatic N) is 2. The van der Waals surface area contributed by atoms with Gasteiger partial charge in [-0.15, -0.1) is 5.10 Å². The first-order chi connectivity index (χ1) is 16.3. The summed E-state index contributed by atoms with van der Waals surface area (Å²) in [5.74, 6) is -1.40. The first kappa shape index (κ1) is 23.0. The molecule has 0 radical (unpaired) electrons. The molecule has 34 heavy (non-hydrogen) atoms. The van der Waals surface area contributed by atoms with Crippen LogP contribution >= 0.6 is 11.8 Å². The van der Waals surface area contributed by atoms with Crippen LogP contribution in [0.2, 0.25) is 0 Å². The molecule has 9 heteroatoms. The highest BCUT2D eigenvalue weighted by Gasteiger charge is 2.64. The van der Waals surface area contributed by atoms with Crippen LogP contribution in [0.1, 0.15) is 56.3 Å². The van der Waals surface area contributed by atoms with Crippen molar-refractivity contribution in [3.05, 3.63) is 71.3 Å². The lowest BCUT2D eigenvalue weighted by molar-refractivity contribution is -0.140. The van der Waals surface area contributed by atoms with Gasteiger partial charge in [0, 0.05) is 37.8 Å². The van der Waals surface area contributed by atoms with Crippen molar-refractivity contribution in [1.29, 1.82) is 0 Å². The molecule has 2 aliphatic heterocycles.